The number of carbonyl (C=O) groups excluding carboxylic acids is 1. The number of hydrogen-bond acceptors (Lipinski definition) is 6. The van der Waals surface area contributed by atoms with Gasteiger partial charge in [0.2, 0.25) is 5.91 Å². The molecular weight excluding hydrogens is 445 g/mol. The lowest BCUT2D eigenvalue weighted by Gasteiger charge is -2.35. The highest BCUT2D eigenvalue weighted by atomic mass is 35.5. The fourth-order valence-corrected chi connectivity index (χ4v) is 4.46. The minimum atomic E-state index is -0.475. The molecule has 0 saturated carbocycles. The summed E-state index contributed by atoms with van der Waals surface area (Å²) in [7, 11) is 1.39. The quantitative estimate of drug-likeness (QED) is 0.432. The highest BCUT2D eigenvalue weighted by molar-refractivity contribution is 7.99. The van der Waals surface area contributed by atoms with Crippen molar-refractivity contribution in [2.75, 3.05) is 39.0 Å². The van der Waals surface area contributed by atoms with Gasteiger partial charge in [-0.05, 0) is 29.3 Å². The number of hydrogen-bond donors (Lipinski definition) is 0. The Bertz CT molecular complexity index is 954. The average molecular weight is 468 g/mol. The molecule has 1 aliphatic rings. The van der Waals surface area contributed by atoms with Crippen LogP contribution in [0.25, 0.3) is 0 Å². The molecule has 1 heterocycles. The molecule has 7 nitrogen and oxygen atoms in total. The zero-order chi connectivity index (χ0) is 22.4. The first-order chi connectivity index (χ1) is 14.9. The summed E-state index contributed by atoms with van der Waals surface area (Å²) in [4.78, 5) is 27.2. The molecule has 166 valence electrons. The lowest BCUT2D eigenvalue weighted by atomic mass is 10.2. The van der Waals surface area contributed by atoms with Crippen LogP contribution < -0.4 is 4.74 Å². The fraction of sp³-hybridized carbons (Fsp3) is 0.381. The minimum absolute atomic E-state index is 0.0486. The predicted octanol–water partition coefficient (Wildman–Crippen LogP) is 3.97. The summed E-state index contributed by atoms with van der Waals surface area (Å²) in [5.74, 6) is 0.719. The van der Waals surface area contributed by atoms with Crippen molar-refractivity contribution in [3.8, 4) is 5.75 Å². The Balaban J connectivity index is 1.44. The average Bonchev–Trinajstić information content (AvgIpc) is 2.76. The van der Waals surface area contributed by atoms with Crippen molar-refractivity contribution in [2.24, 2.45) is 0 Å². The number of methoxy groups -OCH3 is 1. The Morgan fingerprint density at radius 1 is 1.23 bits per heavy atom. The van der Waals surface area contributed by atoms with E-state index < -0.39 is 4.92 Å². The molecule has 2 aromatic carbocycles. The highest BCUT2D eigenvalue weighted by Gasteiger charge is 2.22. The van der Waals surface area contributed by atoms with Gasteiger partial charge in [-0.15, -0.1) is 11.8 Å². The normalized spacial score (nSPS) is 14.5. The summed E-state index contributed by atoms with van der Waals surface area (Å²) in [6.45, 7) is 3.29. The molecule has 31 heavy (non-hydrogen) atoms. The Hall–Kier alpha value is -2.36. The second-order valence-electron chi connectivity index (χ2n) is 7.15. The van der Waals surface area contributed by atoms with E-state index in [2.05, 4.69) is 4.90 Å². The summed E-state index contributed by atoms with van der Waals surface area (Å²) in [5.41, 5.74) is 1.56. The fourth-order valence-electron chi connectivity index (χ4n) is 3.36. The molecular formula is C21H23ClFN3O4S. The van der Waals surface area contributed by atoms with E-state index in [-0.39, 0.29) is 23.2 Å². The van der Waals surface area contributed by atoms with Crippen LogP contribution in [0.4, 0.5) is 10.1 Å². The van der Waals surface area contributed by atoms with E-state index in [1.807, 2.05) is 4.90 Å². The largest absolute Gasteiger partial charge is 0.490 e. The van der Waals surface area contributed by atoms with Gasteiger partial charge >= 0.3 is 5.69 Å². The van der Waals surface area contributed by atoms with E-state index in [0.29, 0.717) is 36.2 Å². The SMILES string of the molecule is COc1ccc(CSCC(=O)N2CCN(Cc3ccc(F)cc3Cl)CC2)cc1[N+](=O)[O-]. The molecule has 0 unspecified atom stereocenters. The first-order valence-corrected chi connectivity index (χ1v) is 11.2. The Morgan fingerprint density at radius 2 is 1.97 bits per heavy atom. The van der Waals surface area contributed by atoms with Gasteiger partial charge in [-0.3, -0.25) is 19.8 Å². The second-order valence-corrected chi connectivity index (χ2v) is 8.54. The Kier molecular flexibility index (Phi) is 8.11. The predicted molar refractivity (Wildman–Crippen MR) is 119 cm³/mol. The number of carbonyl (C=O) groups is 1. The summed E-state index contributed by atoms with van der Waals surface area (Å²) in [6.07, 6.45) is 0. The second kappa shape index (κ2) is 10.8. The van der Waals surface area contributed by atoms with E-state index in [4.69, 9.17) is 16.3 Å². The number of rotatable bonds is 8. The van der Waals surface area contributed by atoms with Crippen LogP contribution in [0.3, 0.4) is 0 Å². The van der Waals surface area contributed by atoms with Crippen LogP contribution in [0.15, 0.2) is 36.4 Å². The van der Waals surface area contributed by atoms with Crippen molar-refractivity contribution in [1.29, 1.82) is 0 Å². The van der Waals surface area contributed by atoms with Crippen molar-refractivity contribution < 1.29 is 18.8 Å². The van der Waals surface area contributed by atoms with Gasteiger partial charge in [0, 0.05) is 49.6 Å². The molecule has 0 atom stereocenters. The van der Waals surface area contributed by atoms with Gasteiger partial charge in [0.25, 0.3) is 0 Å². The van der Waals surface area contributed by atoms with E-state index >= 15 is 0 Å². The highest BCUT2D eigenvalue weighted by Crippen LogP contribution is 2.29. The van der Waals surface area contributed by atoms with Crippen molar-refractivity contribution in [2.45, 2.75) is 12.3 Å². The molecule has 3 rings (SSSR count). The first kappa shape index (κ1) is 23.3. The van der Waals surface area contributed by atoms with Gasteiger partial charge in [-0.1, -0.05) is 23.7 Å². The maximum atomic E-state index is 13.2. The maximum Gasteiger partial charge on any atom is 0.311 e. The molecule has 0 spiro atoms. The smallest absolute Gasteiger partial charge is 0.311 e. The maximum absolute atomic E-state index is 13.2. The van der Waals surface area contributed by atoms with E-state index in [1.54, 1.807) is 18.2 Å². The molecule has 0 aromatic heterocycles. The van der Waals surface area contributed by atoms with E-state index in [1.165, 1.54) is 37.1 Å². The summed E-state index contributed by atoms with van der Waals surface area (Å²) in [5, 5.41) is 11.5. The number of thioether (sulfide) groups is 1. The molecule has 1 aliphatic heterocycles. The number of nitro benzene ring substituents is 1. The van der Waals surface area contributed by atoms with Gasteiger partial charge in [-0.25, -0.2) is 4.39 Å². The van der Waals surface area contributed by atoms with Crippen LogP contribution in [0, 0.1) is 15.9 Å². The molecule has 0 bridgehead atoms. The van der Waals surface area contributed by atoms with E-state index in [0.717, 1.165) is 24.2 Å². The third-order valence-corrected chi connectivity index (χ3v) is 6.41. The van der Waals surface area contributed by atoms with Crippen molar-refractivity contribution in [3.05, 3.63) is 68.5 Å². The Labute approximate surface area is 189 Å². The number of amides is 1. The molecule has 10 heteroatoms. The number of piperazine rings is 1. The number of nitrogens with zero attached hydrogens (tertiary/aromatic N) is 3. The monoisotopic (exact) mass is 467 g/mol. The van der Waals surface area contributed by atoms with Crippen LogP contribution in [-0.2, 0) is 17.1 Å². The molecule has 1 saturated heterocycles. The van der Waals surface area contributed by atoms with Crippen molar-refractivity contribution >= 4 is 35.0 Å². The summed E-state index contributed by atoms with van der Waals surface area (Å²) >= 11 is 7.53. The third kappa shape index (κ3) is 6.32. The van der Waals surface area contributed by atoms with Crippen molar-refractivity contribution in [3.63, 3.8) is 0 Å². The molecule has 0 N–H and O–H groups in total. The van der Waals surface area contributed by atoms with Crippen LogP contribution >= 0.6 is 23.4 Å². The van der Waals surface area contributed by atoms with Crippen LogP contribution in [0.1, 0.15) is 11.1 Å². The zero-order valence-corrected chi connectivity index (χ0v) is 18.6. The Morgan fingerprint density at radius 3 is 2.61 bits per heavy atom. The van der Waals surface area contributed by atoms with Gasteiger partial charge in [-0.2, -0.15) is 0 Å². The van der Waals surface area contributed by atoms with Crippen LogP contribution in [-0.4, -0.2) is 59.7 Å². The number of halogens is 2. The summed E-state index contributed by atoms with van der Waals surface area (Å²) < 4.78 is 18.2. The van der Waals surface area contributed by atoms with Gasteiger partial charge in [0.1, 0.15) is 5.82 Å². The molecule has 1 fully saturated rings. The standard InChI is InChI=1S/C21H23ClFN3O4S/c1-30-20-5-2-15(10-19(20)26(28)29)13-31-14-21(27)25-8-6-24(7-9-25)12-16-3-4-17(23)11-18(16)22/h2-5,10-11H,6-9,12-14H2,1H3. The zero-order valence-electron chi connectivity index (χ0n) is 17.1. The van der Waals surface area contributed by atoms with Gasteiger partial charge in [0.05, 0.1) is 17.8 Å². The minimum Gasteiger partial charge on any atom is -0.490 e. The number of nitro groups is 1. The molecule has 1 amide bonds. The lowest BCUT2D eigenvalue weighted by Crippen LogP contribution is -2.48. The van der Waals surface area contributed by atoms with Gasteiger partial charge < -0.3 is 9.64 Å². The first-order valence-electron chi connectivity index (χ1n) is 9.70. The van der Waals surface area contributed by atoms with Gasteiger partial charge in [0.15, 0.2) is 5.75 Å². The topological polar surface area (TPSA) is 75.9 Å². The summed E-state index contributed by atoms with van der Waals surface area (Å²) in [6, 6.07) is 9.22. The van der Waals surface area contributed by atoms with Crippen LogP contribution in [0.5, 0.6) is 5.75 Å². The van der Waals surface area contributed by atoms with E-state index in [9.17, 15) is 19.3 Å². The third-order valence-electron chi connectivity index (χ3n) is 5.07. The van der Waals surface area contributed by atoms with Crippen LogP contribution in [0.2, 0.25) is 5.02 Å². The molecule has 2 aromatic rings. The molecule has 0 radical (unpaired) electrons. The number of ether oxygens (including phenoxy) is 1. The molecule has 0 aliphatic carbocycles. The lowest BCUT2D eigenvalue weighted by molar-refractivity contribution is -0.385. The number of benzene rings is 2. The van der Waals surface area contributed by atoms with Crippen molar-refractivity contribution in [1.82, 2.24) is 9.80 Å².